The van der Waals surface area contributed by atoms with Crippen LogP contribution in [0.1, 0.15) is 46.5 Å². The van der Waals surface area contributed by atoms with E-state index in [0.717, 1.165) is 38.1 Å². The molecule has 1 N–H and O–H groups in total. The van der Waals surface area contributed by atoms with Crippen LogP contribution in [0.25, 0.3) is 0 Å². The summed E-state index contributed by atoms with van der Waals surface area (Å²) >= 11 is 0. The van der Waals surface area contributed by atoms with Gasteiger partial charge in [-0.2, -0.15) is 0 Å². The van der Waals surface area contributed by atoms with Crippen molar-refractivity contribution in [1.29, 1.82) is 0 Å². The fraction of sp³-hybridized carbons (Fsp3) is 0.923. The second-order valence-electron chi connectivity index (χ2n) is 5.90. The summed E-state index contributed by atoms with van der Waals surface area (Å²) in [6.45, 7) is 7.32. The van der Waals surface area contributed by atoms with Crippen molar-refractivity contribution in [2.75, 3.05) is 6.54 Å². The van der Waals surface area contributed by atoms with E-state index in [1.54, 1.807) is 0 Å². The Morgan fingerprint density at radius 2 is 1.94 bits per heavy atom. The lowest BCUT2D eigenvalue weighted by atomic mass is 9.85. The topological polar surface area (TPSA) is 40.5 Å². The molecule has 0 aromatic carbocycles. The van der Waals surface area contributed by atoms with Gasteiger partial charge < -0.3 is 5.11 Å². The fourth-order valence-electron chi connectivity index (χ4n) is 3.27. The van der Waals surface area contributed by atoms with Crippen LogP contribution in [0, 0.1) is 11.8 Å². The second kappa shape index (κ2) is 4.02. The average molecular weight is 225 g/mol. The zero-order chi connectivity index (χ0) is 11.9. The molecule has 1 saturated heterocycles. The van der Waals surface area contributed by atoms with E-state index in [-0.39, 0.29) is 0 Å². The number of carboxylic acid groups (broad SMARTS) is 1. The summed E-state index contributed by atoms with van der Waals surface area (Å²) in [5.74, 6) is 0.487. The molecule has 0 spiro atoms. The third-order valence-corrected chi connectivity index (χ3v) is 4.54. The van der Waals surface area contributed by atoms with E-state index in [1.165, 1.54) is 0 Å². The van der Waals surface area contributed by atoms with Gasteiger partial charge in [0.1, 0.15) is 5.54 Å². The van der Waals surface area contributed by atoms with Crippen LogP contribution in [-0.2, 0) is 4.79 Å². The van der Waals surface area contributed by atoms with Crippen molar-refractivity contribution in [3.8, 4) is 0 Å². The van der Waals surface area contributed by atoms with Gasteiger partial charge in [-0.25, -0.2) is 0 Å². The number of carboxylic acids is 1. The molecule has 1 aliphatic carbocycles. The predicted molar refractivity (Wildman–Crippen MR) is 63.3 cm³/mol. The van der Waals surface area contributed by atoms with E-state index in [9.17, 15) is 9.90 Å². The molecule has 0 aromatic rings. The molecule has 2 rings (SSSR count). The highest BCUT2D eigenvalue weighted by Crippen LogP contribution is 2.45. The van der Waals surface area contributed by atoms with Crippen LogP contribution in [0.3, 0.4) is 0 Å². The summed E-state index contributed by atoms with van der Waals surface area (Å²) in [5, 5.41) is 9.54. The first-order valence-electron chi connectivity index (χ1n) is 6.46. The molecule has 0 bridgehead atoms. The lowest BCUT2D eigenvalue weighted by molar-refractivity contribution is -0.155. The Balaban J connectivity index is 2.17. The summed E-state index contributed by atoms with van der Waals surface area (Å²) in [5.41, 5.74) is -0.612. The highest BCUT2D eigenvalue weighted by Gasteiger charge is 2.53. The molecule has 1 aliphatic heterocycles. The monoisotopic (exact) mass is 225 g/mol. The summed E-state index contributed by atoms with van der Waals surface area (Å²) in [7, 11) is 0. The van der Waals surface area contributed by atoms with Crippen LogP contribution < -0.4 is 0 Å². The molecule has 0 amide bonds. The molecule has 3 unspecified atom stereocenters. The molecule has 16 heavy (non-hydrogen) atoms. The van der Waals surface area contributed by atoms with E-state index in [0.29, 0.717) is 12.0 Å². The summed E-state index contributed by atoms with van der Waals surface area (Å²) in [6, 6.07) is 0.408. The lowest BCUT2D eigenvalue weighted by Crippen LogP contribution is -2.59. The first-order chi connectivity index (χ1) is 7.46. The van der Waals surface area contributed by atoms with Gasteiger partial charge >= 0.3 is 5.97 Å². The Morgan fingerprint density at radius 1 is 1.31 bits per heavy atom. The Hall–Kier alpha value is -0.570. The van der Waals surface area contributed by atoms with Gasteiger partial charge in [0.05, 0.1) is 0 Å². The van der Waals surface area contributed by atoms with Crippen molar-refractivity contribution >= 4 is 5.97 Å². The van der Waals surface area contributed by atoms with E-state index in [4.69, 9.17) is 0 Å². The molecule has 3 atom stereocenters. The molecule has 92 valence electrons. The Bertz CT molecular complexity index is 288. The standard InChI is InChI=1S/C13H23NO2/c1-9-6-7-14(10(2)8-9)13(3,12(15)16)11-4-5-11/h9-11H,4-8H2,1-3H3,(H,15,16). The Labute approximate surface area is 97.8 Å². The summed E-state index contributed by atoms with van der Waals surface area (Å²) < 4.78 is 0. The molecular weight excluding hydrogens is 202 g/mol. The molecule has 2 fully saturated rings. The number of piperidine rings is 1. The minimum atomic E-state index is -0.628. The normalized spacial score (nSPS) is 35.7. The van der Waals surface area contributed by atoms with Crippen LogP contribution >= 0.6 is 0 Å². The second-order valence-corrected chi connectivity index (χ2v) is 5.90. The molecule has 1 heterocycles. The largest absolute Gasteiger partial charge is 0.480 e. The highest BCUT2D eigenvalue weighted by atomic mass is 16.4. The first-order valence-corrected chi connectivity index (χ1v) is 6.46. The molecule has 0 aromatic heterocycles. The van der Waals surface area contributed by atoms with Crippen molar-refractivity contribution in [2.45, 2.75) is 58.0 Å². The van der Waals surface area contributed by atoms with Gasteiger partial charge in [-0.05, 0) is 57.9 Å². The number of carbonyl (C=O) groups is 1. The fourth-order valence-corrected chi connectivity index (χ4v) is 3.27. The minimum absolute atomic E-state index is 0.376. The van der Waals surface area contributed by atoms with Crippen LogP contribution in [0.2, 0.25) is 0 Å². The van der Waals surface area contributed by atoms with Gasteiger partial charge in [-0.1, -0.05) is 6.92 Å². The Kier molecular flexibility index (Phi) is 2.99. The van der Waals surface area contributed by atoms with E-state index >= 15 is 0 Å². The van der Waals surface area contributed by atoms with E-state index < -0.39 is 11.5 Å². The van der Waals surface area contributed by atoms with Gasteiger partial charge in [-0.15, -0.1) is 0 Å². The quantitative estimate of drug-likeness (QED) is 0.801. The van der Waals surface area contributed by atoms with Crippen LogP contribution in [-0.4, -0.2) is 34.1 Å². The number of nitrogens with zero attached hydrogens (tertiary/aromatic N) is 1. The first kappa shape index (κ1) is 11.9. The highest BCUT2D eigenvalue weighted by molar-refractivity contribution is 5.79. The SMILES string of the molecule is CC1CCN(C(C)(C(=O)O)C2CC2)C(C)C1. The molecule has 1 saturated carbocycles. The van der Waals surface area contributed by atoms with Gasteiger partial charge in [0.15, 0.2) is 0 Å². The van der Waals surface area contributed by atoms with Crippen molar-refractivity contribution in [1.82, 2.24) is 4.90 Å². The number of hydrogen-bond acceptors (Lipinski definition) is 2. The van der Waals surface area contributed by atoms with Gasteiger partial charge in [0.2, 0.25) is 0 Å². The maximum atomic E-state index is 11.6. The number of rotatable bonds is 3. The van der Waals surface area contributed by atoms with Crippen molar-refractivity contribution in [3.63, 3.8) is 0 Å². The van der Waals surface area contributed by atoms with Gasteiger partial charge in [0.25, 0.3) is 0 Å². The third kappa shape index (κ3) is 1.86. The van der Waals surface area contributed by atoms with Gasteiger partial charge in [0, 0.05) is 6.04 Å². The molecule has 0 radical (unpaired) electrons. The smallest absolute Gasteiger partial charge is 0.324 e. The van der Waals surface area contributed by atoms with Crippen LogP contribution in [0.15, 0.2) is 0 Å². The maximum Gasteiger partial charge on any atom is 0.324 e. The maximum absolute atomic E-state index is 11.6. The Morgan fingerprint density at radius 3 is 2.38 bits per heavy atom. The van der Waals surface area contributed by atoms with Crippen molar-refractivity contribution in [3.05, 3.63) is 0 Å². The number of likely N-dealkylation sites (tertiary alicyclic amines) is 1. The van der Waals surface area contributed by atoms with Crippen molar-refractivity contribution < 1.29 is 9.90 Å². The van der Waals surface area contributed by atoms with Crippen LogP contribution in [0.4, 0.5) is 0 Å². The van der Waals surface area contributed by atoms with Crippen molar-refractivity contribution in [2.24, 2.45) is 11.8 Å². The van der Waals surface area contributed by atoms with Crippen LogP contribution in [0.5, 0.6) is 0 Å². The van der Waals surface area contributed by atoms with Gasteiger partial charge in [-0.3, -0.25) is 9.69 Å². The summed E-state index contributed by atoms with van der Waals surface area (Å²) in [4.78, 5) is 13.8. The third-order valence-electron chi connectivity index (χ3n) is 4.54. The molecular formula is C13H23NO2. The van der Waals surface area contributed by atoms with E-state index in [1.807, 2.05) is 6.92 Å². The van der Waals surface area contributed by atoms with E-state index in [2.05, 4.69) is 18.7 Å². The average Bonchev–Trinajstić information content (AvgIpc) is 2.99. The predicted octanol–water partition coefficient (Wildman–Crippen LogP) is 2.36. The molecule has 3 heteroatoms. The minimum Gasteiger partial charge on any atom is -0.480 e. The molecule has 3 nitrogen and oxygen atoms in total. The number of hydrogen-bond donors (Lipinski definition) is 1. The molecule has 2 aliphatic rings. The lowest BCUT2D eigenvalue weighted by Gasteiger charge is -2.46. The zero-order valence-corrected chi connectivity index (χ0v) is 10.6. The number of aliphatic carboxylic acids is 1. The zero-order valence-electron chi connectivity index (χ0n) is 10.6. The summed E-state index contributed by atoms with van der Waals surface area (Å²) in [6.07, 6.45) is 4.44.